The summed E-state index contributed by atoms with van der Waals surface area (Å²) >= 11 is 0. The number of imide groups is 1. The van der Waals surface area contributed by atoms with Crippen molar-refractivity contribution >= 4 is 11.9 Å². The summed E-state index contributed by atoms with van der Waals surface area (Å²) in [5, 5.41) is 2.55. The largest absolute Gasteiger partial charge is 0.411 e. The van der Waals surface area contributed by atoms with Gasteiger partial charge in [-0.3, -0.25) is 9.69 Å². The number of carbonyl (C=O) groups is 2. The van der Waals surface area contributed by atoms with Gasteiger partial charge >= 0.3 is 12.2 Å². The van der Waals surface area contributed by atoms with E-state index in [1.807, 2.05) is 0 Å². The number of alkyl halides is 3. The van der Waals surface area contributed by atoms with Crippen LogP contribution in [0.15, 0.2) is 0 Å². The molecule has 1 aliphatic heterocycles. The second-order valence-electron chi connectivity index (χ2n) is 4.91. The predicted molar refractivity (Wildman–Crippen MR) is 60.4 cm³/mol. The first-order valence-corrected chi connectivity index (χ1v) is 5.86. The summed E-state index contributed by atoms with van der Waals surface area (Å²) in [4.78, 5) is 24.5. The van der Waals surface area contributed by atoms with Crippen LogP contribution in [0.2, 0.25) is 0 Å². The molecule has 1 heterocycles. The Morgan fingerprint density at radius 3 is 2.37 bits per heavy atom. The van der Waals surface area contributed by atoms with Gasteiger partial charge in [0.25, 0.3) is 5.91 Å². The predicted octanol–water partition coefficient (Wildman–Crippen LogP) is 1.53. The molecule has 1 atom stereocenters. The lowest BCUT2D eigenvalue weighted by Crippen LogP contribution is -2.48. The zero-order chi connectivity index (χ0) is 14.8. The number of nitrogens with one attached hydrogen (secondary N) is 1. The van der Waals surface area contributed by atoms with E-state index in [9.17, 15) is 22.8 Å². The van der Waals surface area contributed by atoms with Crippen molar-refractivity contribution in [3.63, 3.8) is 0 Å². The molecular formula is C11H17F3N2O3. The summed E-state index contributed by atoms with van der Waals surface area (Å²) in [7, 11) is 0. The minimum Gasteiger partial charge on any atom is -0.370 e. The molecule has 0 radical (unpaired) electrons. The molecule has 0 aliphatic carbocycles. The first kappa shape index (κ1) is 15.7. The Balaban J connectivity index is 2.52. The lowest BCUT2D eigenvalue weighted by molar-refractivity contribution is -0.174. The van der Waals surface area contributed by atoms with Gasteiger partial charge in [0.15, 0.2) is 0 Å². The molecule has 0 aromatic heterocycles. The molecule has 5 nitrogen and oxygen atoms in total. The molecule has 1 aliphatic rings. The van der Waals surface area contributed by atoms with Crippen molar-refractivity contribution in [2.24, 2.45) is 5.92 Å². The minimum atomic E-state index is -4.41. The molecule has 0 unspecified atom stereocenters. The SMILES string of the molecule is CC(C)[C@@]1(C)NC(=O)N(CCOCC(F)(F)F)C1=O. The fraction of sp³-hybridized carbons (Fsp3) is 0.818. The quantitative estimate of drug-likeness (QED) is 0.614. The van der Waals surface area contributed by atoms with Crippen LogP contribution >= 0.6 is 0 Å². The van der Waals surface area contributed by atoms with E-state index in [2.05, 4.69) is 10.1 Å². The van der Waals surface area contributed by atoms with Gasteiger partial charge in [-0.05, 0) is 12.8 Å². The second kappa shape index (κ2) is 5.36. The average molecular weight is 282 g/mol. The van der Waals surface area contributed by atoms with Gasteiger partial charge in [0.2, 0.25) is 0 Å². The smallest absolute Gasteiger partial charge is 0.370 e. The summed E-state index contributed by atoms with van der Waals surface area (Å²) in [6, 6.07) is -0.600. The van der Waals surface area contributed by atoms with Crippen LogP contribution in [0.1, 0.15) is 20.8 Å². The molecule has 1 rings (SSSR count). The molecule has 0 saturated carbocycles. The number of amides is 3. The van der Waals surface area contributed by atoms with E-state index in [-0.39, 0.29) is 19.1 Å². The van der Waals surface area contributed by atoms with Gasteiger partial charge in [-0.25, -0.2) is 4.79 Å². The highest BCUT2D eigenvalue weighted by atomic mass is 19.4. The Hall–Kier alpha value is -1.31. The summed E-state index contributed by atoms with van der Waals surface area (Å²) in [5.41, 5.74) is -1.01. The van der Waals surface area contributed by atoms with Gasteiger partial charge in [-0.1, -0.05) is 13.8 Å². The van der Waals surface area contributed by atoms with Crippen LogP contribution in [-0.2, 0) is 9.53 Å². The molecule has 0 aromatic carbocycles. The van der Waals surface area contributed by atoms with Gasteiger partial charge in [0.05, 0.1) is 13.2 Å². The highest BCUT2D eigenvalue weighted by molar-refractivity contribution is 6.06. The first-order valence-electron chi connectivity index (χ1n) is 5.86. The van der Waals surface area contributed by atoms with E-state index < -0.39 is 30.3 Å². The molecular weight excluding hydrogens is 265 g/mol. The highest BCUT2D eigenvalue weighted by Gasteiger charge is 2.49. The summed E-state index contributed by atoms with van der Waals surface area (Å²) < 4.78 is 39.9. The number of halogens is 3. The monoisotopic (exact) mass is 282 g/mol. The van der Waals surface area contributed by atoms with Gasteiger partial charge in [-0.15, -0.1) is 0 Å². The second-order valence-corrected chi connectivity index (χ2v) is 4.91. The lowest BCUT2D eigenvalue weighted by atomic mass is 9.88. The summed E-state index contributed by atoms with van der Waals surface area (Å²) in [5.74, 6) is -0.562. The van der Waals surface area contributed by atoms with E-state index in [0.29, 0.717) is 0 Å². The van der Waals surface area contributed by atoms with Crippen LogP contribution in [0.3, 0.4) is 0 Å². The maximum Gasteiger partial charge on any atom is 0.411 e. The highest BCUT2D eigenvalue weighted by Crippen LogP contribution is 2.25. The van der Waals surface area contributed by atoms with Gasteiger partial charge in [-0.2, -0.15) is 13.2 Å². The molecule has 0 aromatic rings. The molecule has 0 bridgehead atoms. The van der Waals surface area contributed by atoms with Gasteiger partial charge in [0, 0.05) is 0 Å². The topological polar surface area (TPSA) is 58.6 Å². The van der Waals surface area contributed by atoms with Crippen LogP contribution in [0.5, 0.6) is 0 Å². The van der Waals surface area contributed by atoms with Crippen LogP contribution < -0.4 is 5.32 Å². The van der Waals surface area contributed by atoms with E-state index in [1.165, 1.54) is 0 Å². The lowest BCUT2D eigenvalue weighted by Gasteiger charge is -2.25. The van der Waals surface area contributed by atoms with E-state index in [4.69, 9.17) is 0 Å². The number of hydrogen-bond donors (Lipinski definition) is 1. The van der Waals surface area contributed by atoms with Gasteiger partial charge in [0.1, 0.15) is 12.1 Å². The Labute approximate surface area is 109 Å². The maximum absolute atomic E-state index is 12.0. The number of nitrogens with zero attached hydrogens (tertiary/aromatic N) is 1. The summed E-state index contributed by atoms with van der Waals surface area (Å²) in [6.45, 7) is 3.23. The third-order valence-corrected chi connectivity index (χ3v) is 3.18. The Morgan fingerprint density at radius 1 is 1.37 bits per heavy atom. The Morgan fingerprint density at radius 2 is 1.95 bits per heavy atom. The van der Waals surface area contributed by atoms with Crippen LogP contribution in [-0.4, -0.2) is 48.3 Å². The normalized spacial score (nSPS) is 24.3. The zero-order valence-electron chi connectivity index (χ0n) is 11.0. The molecule has 1 fully saturated rings. The van der Waals surface area contributed by atoms with Crippen molar-refractivity contribution in [3.8, 4) is 0 Å². The van der Waals surface area contributed by atoms with Crippen molar-refractivity contribution in [1.82, 2.24) is 10.2 Å². The van der Waals surface area contributed by atoms with Crippen molar-refractivity contribution in [1.29, 1.82) is 0 Å². The maximum atomic E-state index is 12.0. The standard InChI is InChI=1S/C11H17F3N2O3/c1-7(2)10(3)8(17)16(9(18)15-10)4-5-19-6-11(12,13)14/h7H,4-6H2,1-3H3,(H,15,18)/t10-/m1/s1. The van der Waals surface area contributed by atoms with Crippen LogP contribution in [0.4, 0.5) is 18.0 Å². The Kier molecular flexibility index (Phi) is 4.44. The molecule has 1 N–H and O–H groups in total. The molecule has 110 valence electrons. The molecule has 8 heteroatoms. The van der Waals surface area contributed by atoms with Crippen molar-refractivity contribution in [3.05, 3.63) is 0 Å². The van der Waals surface area contributed by atoms with Crippen molar-refractivity contribution in [2.75, 3.05) is 19.8 Å². The molecule has 19 heavy (non-hydrogen) atoms. The molecule has 1 saturated heterocycles. The van der Waals surface area contributed by atoms with Crippen molar-refractivity contribution < 1.29 is 27.5 Å². The van der Waals surface area contributed by atoms with Gasteiger partial charge < -0.3 is 10.1 Å². The van der Waals surface area contributed by atoms with Crippen molar-refractivity contribution in [2.45, 2.75) is 32.5 Å². The fourth-order valence-electron chi connectivity index (χ4n) is 1.65. The Bertz CT molecular complexity index is 371. The fourth-order valence-corrected chi connectivity index (χ4v) is 1.65. The van der Waals surface area contributed by atoms with Crippen LogP contribution in [0.25, 0.3) is 0 Å². The summed E-state index contributed by atoms with van der Waals surface area (Å²) in [6.07, 6.45) is -4.41. The first-order chi connectivity index (χ1) is 8.58. The number of hydrogen-bond acceptors (Lipinski definition) is 3. The zero-order valence-corrected chi connectivity index (χ0v) is 11.0. The number of ether oxygens (including phenoxy) is 1. The third-order valence-electron chi connectivity index (χ3n) is 3.18. The third kappa shape index (κ3) is 3.59. The average Bonchev–Trinajstić information content (AvgIpc) is 2.46. The number of urea groups is 1. The van der Waals surface area contributed by atoms with E-state index >= 15 is 0 Å². The van der Waals surface area contributed by atoms with E-state index in [1.54, 1.807) is 20.8 Å². The number of carbonyl (C=O) groups excluding carboxylic acids is 2. The number of rotatable bonds is 5. The van der Waals surface area contributed by atoms with Crippen LogP contribution in [0, 0.1) is 5.92 Å². The molecule has 3 amide bonds. The minimum absolute atomic E-state index is 0.120. The van der Waals surface area contributed by atoms with E-state index in [0.717, 1.165) is 4.90 Å². The molecule has 0 spiro atoms.